The maximum atomic E-state index is 12.4. The Morgan fingerprint density at radius 2 is 2.06 bits per heavy atom. The van der Waals surface area contributed by atoms with Gasteiger partial charge >= 0.3 is 0 Å². The Hall–Kier alpha value is -1.51. The first-order valence-corrected chi connectivity index (χ1v) is 6.91. The van der Waals surface area contributed by atoms with Gasteiger partial charge in [-0.15, -0.1) is 0 Å². The van der Waals surface area contributed by atoms with Gasteiger partial charge in [0, 0.05) is 24.7 Å². The Balaban J connectivity index is 1.76. The van der Waals surface area contributed by atoms with Gasteiger partial charge in [0.15, 0.2) is 0 Å². The van der Waals surface area contributed by atoms with Crippen molar-refractivity contribution in [3.8, 4) is 0 Å². The zero-order valence-corrected chi connectivity index (χ0v) is 10.7. The van der Waals surface area contributed by atoms with Crippen molar-refractivity contribution in [1.29, 1.82) is 0 Å². The highest BCUT2D eigenvalue weighted by Crippen LogP contribution is 2.30. The lowest BCUT2D eigenvalue weighted by atomic mass is 9.96. The van der Waals surface area contributed by atoms with Gasteiger partial charge in [0.1, 0.15) is 0 Å². The minimum atomic E-state index is 0.285. The summed E-state index contributed by atoms with van der Waals surface area (Å²) in [6, 6.07) is 6.03. The van der Waals surface area contributed by atoms with Crippen molar-refractivity contribution >= 4 is 11.6 Å². The molecule has 1 fully saturated rings. The van der Waals surface area contributed by atoms with Crippen LogP contribution in [-0.2, 0) is 17.8 Å². The lowest BCUT2D eigenvalue weighted by Gasteiger charge is -2.31. The SMILES string of the molecule is Nc1cccc2c1CCN(C(=O)C1CCCC1)C2. The third kappa shape index (κ3) is 1.98. The van der Waals surface area contributed by atoms with E-state index in [4.69, 9.17) is 5.73 Å². The number of nitrogen functional groups attached to an aromatic ring is 1. The largest absolute Gasteiger partial charge is 0.398 e. The van der Waals surface area contributed by atoms with E-state index in [9.17, 15) is 4.79 Å². The molecule has 18 heavy (non-hydrogen) atoms. The fourth-order valence-corrected chi connectivity index (χ4v) is 3.26. The number of benzene rings is 1. The standard InChI is InChI=1S/C15H20N2O/c16-14-7-3-6-12-10-17(9-8-13(12)14)15(18)11-4-1-2-5-11/h3,6-7,11H,1-2,4-5,8-10,16H2. The van der Waals surface area contributed by atoms with E-state index >= 15 is 0 Å². The summed E-state index contributed by atoms with van der Waals surface area (Å²) in [7, 11) is 0. The van der Waals surface area contributed by atoms with E-state index in [1.54, 1.807) is 0 Å². The van der Waals surface area contributed by atoms with Crippen LogP contribution in [0.3, 0.4) is 0 Å². The summed E-state index contributed by atoms with van der Waals surface area (Å²) in [5.74, 6) is 0.646. The maximum absolute atomic E-state index is 12.4. The third-order valence-electron chi connectivity index (χ3n) is 4.32. The molecule has 1 saturated carbocycles. The molecule has 1 aliphatic carbocycles. The van der Waals surface area contributed by atoms with Crippen molar-refractivity contribution in [3.05, 3.63) is 29.3 Å². The zero-order valence-electron chi connectivity index (χ0n) is 10.7. The van der Waals surface area contributed by atoms with Gasteiger partial charge in [0.25, 0.3) is 0 Å². The summed E-state index contributed by atoms with van der Waals surface area (Å²) in [6.45, 7) is 1.58. The molecule has 3 nitrogen and oxygen atoms in total. The first kappa shape index (κ1) is 11.6. The molecule has 96 valence electrons. The van der Waals surface area contributed by atoms with Crippen LogP contribution in [0.25, 0.3) is 0 Å². The number of anilines is 1. The molecule has 1 aliphatic heterocycles. The molecule has 0 saturated heterocycles. The number of amides is 1. The number of hydrogen-bond donors (Lipinski definition) is 1. The van der Waals surface area contributed by atoms with Crippen molar-refractivity contribution in [2.24, 2.45) is 5.92 Å². The van der Waals surface area contributed by atoms with Crippen molar-refractivity contribution in [2.75, 3.05) is 12.3 Å². The fourth-order valence-electron chi connectivity index (χ4n) is 3.26. The highest BCUT2D eigenvalue weighted by atomic mass is 16.2. The van der Waals surface area contributed by atoms with Crippen molar-refractivity contribution in [1.82, 2.24) is 4.90 Å². The van der Waals surface area contributed by atoms with Crippen LogP contribution in [0.15, 0.2) is 18.2 Å². The molecule has 2 aliphatic rings. The molecular formula is C15H20N2O. The summed E-state index contributed by atoms with van der Waals surface area (Å²) < 4.78 is 0. The second kappa shape index (κ2) is 4.63. The van der Waals surface area contributed by atoms with E-state index in [-0.39, 0.29) is 5.92 Å². The molecular weight excluding hydrogens is 224 g/mol. The van der Waals surface area contributed by atoms with Gasteiger partial charge in [-0.05, 0) is 36.5 Å². The summed E-state index contributed by atoms with van der Waals surface area (Å²) in [6.07, 6.45) is 5.50. The highest BCUT2D eigenvalue weighted by Gasteiger charge is 2.29. The molecule has 3 rings (SSSR count). The van der Waals surface area contributed by atoms with Gasteiger partial charge in [-0.1, -0.05) is 25.0 Å². The third-order valence-corrected chi connectivity index (χ3v) is 4.32. The van der Waals surface area contributed by atoms with E-state index < -0.39 is 0 Å². The quantitative estimate of drug-likeness (QED) is 0.771. The monoisotopic (exact) mass is 244 g/mol. The predicted octanol–water partition coefficient (Wildman–Crippen LogP) is 2.34. The Bertz CT molecular complexity index is 464. The second-order valence-corrected chi connectivity index (χ2v) is 5.48. The van der Waals surface area contributed by atoms with Crippen molar-refractivity contribution in [2.45, 2.75) is 38.6 Å². The first-order chi connectivity index (χ1) is 8.75. The van der Waals surface area contributed by atoms with E-state index in [1.807, 2.05) is 17.0 Å². The number of carbonyl (C=O) groups excluding carboxylic acids is 1. The lowest BCUT2D eigenvalue weighted by Crippen LogP contribution is -2.39. The molecule has 1 amide bonds. The molecule has 0 unspecified atom stereocenters. The van der Waals surface area contributed by atoms with Gasteiger partial charge in [-0.2, -0.15) is 0 Å². The van der Waals surface area contributed by atoms with Gasteiger partial charge in [-0.3, -0.25) is 4.79 Å². The van der Waals surface area contributed by atoms with Gasteiger partial charge in [0.05, 0.1) is 0 Å². The number of rotatable bonds is 1. The van der Waals surface area contributed by atoms with Crippen LogP contribution in [0.5, 0.6) is 0 Å². The number of hydrogen-bond acceptors (Lipinski definition) is 2. The Morgan fingerprint density at radius 1 is 1.28 bits per heavy atom. The van der Waals surface area contributed by atoms with Crippen LogP contribution < -0.4 is 5.73 Å². The van der Waals surface area contributed by atoms with Crippen LogP contribution >= 0.6 is 0 Å². The summed E-state index contributed by atoms with van der Waals surface area (Å²) in [5.41, 5.74) is 9.33. The Labute approximate surface area is 108 Å². The van der Waals surface area contributed by atoms with Crippen LogP contribution in [-0.4, -0.2) is 17.4 Å². The first-order valence-electron chi connectivity index (χ1n) is 6.91. The second-order valence-electron chi connectivity index (χ2n) is 5.48. The molecule has 0 atom stereocenters. The Kier molecular flexibility index (Phi) is 2.98. The molecule has 0 radical (unpaired) electrons. The van der Waals surface area contributed by atoms with Crippen LogP contribution in [0.1, 0.15) is 36.8 Å². The molecule has 3 heteroatoms. The predicted molar refractivity (Wildman–Crippen MR) is 71.9 cm³/mol. The average Bonchev–Trinajstić information content (AvgIpc) is 2.91. The fraction of sp³-hybridized carbons (Fsp3) is 0.533. The summed E-state index contributed by atoms with van der Waals surface area (Å²) in [5, 5.41) is 0. The van der Waals surface area contributed by atoms with Gasteiger partial charge in [0.2, 0.25) is 5.91 Å². The maximum Gasteiger partial charge on any atom is 0.225 e. The number of nitrogens with two attached hydrogens (primary N) is 1. The van der Waals surface area contributed by atoms with Crippen LogP contribution in [0.4, 0.5) is 5.69 Å². The molecule has 1 heterocycles. The summed E-state index contributed by atoms with van der Waals surface area (Å²) in [4.78, 5) is 14.4. The topological polar surface area (TPSA) is 46.3 Å². The number of carbonyl (C=O) groups is 1. The van der Waals surface area contributed by atoms with Gasteiger partial charge in [-0.25, -0.2) is 0 Å². The molecule has 0 aromatic heterocycles. The molecule has 1 aromatic carbocycles. The minimum absolute atomic E-state index is 0.285. The number of nitrogens with zero attached hydrogens (tertiary/aromatic N) is 1. The molecule has 2 N–H and O–H groups in total. The van der Waals surface area contributed by atoms with E-state index in [1.165, 1.54) is 24.0 Å². The van der Waals surface area contributed by atoms with E-state index in [2.05, 4.69) is 6.07 Å². The van der Waals surface area contributed by atoms with Gasteiger partial charge < -0.3 is 10.6 Å². The normalized spacial score (nSPS) is 19.9. The van der Waals surface area contributed by atoms with E-state index in [0.717, 1.165) is 38.0 Å². The van der Waals surface area contributed by atoms with Crippen LogP contribution in [0.2, 0.25) is 0 Å². The molecule has 0 spiro atoms. The summed E-state index contributed by atoms with van der Waals surface area (Å²) >= 11 is 0. The smallest absolute Gasteiger partial charge is 0.225 e. The van der Waals surface area contributed by atoms with Crippen LogP contribution in [0, 0.1) is 5.92 Å². The van der Waals surface area contributed by atoms with Crippen molar-refractivity contribution in [3.63, 3.8) is 0 Å². The average molecular weight is 244 g/mol. The minimum Gasteiger partial charge on any atom is -0.398 e. The van der Waals surface area contributed by atoms with Crippen molar-refractivity contribution < 1.29 is 4.79 Å². The van der Waals surface area contributed by atoms with E-state index in [0.29, 0.717) is 5.91 Å². The highest BCUT2D eigenvalue weighted by molar-refractivity contribution is 5.79. The zero-order chi connectivity index (χ0) is 12.5. The lowest BCUT2D eigenvalue weighted by molar-refractivity contribution is -0.136. The molecule has 1 aromatic rings. The Morgan fingerprint density at radius 3 is 2.83 bits per heavy atom. The number of fused-ring (bicyclic) bond motifs is 1. The molecule has 0 bridgehead atoms.